The van der Waals surface area contributed by atoms with Crippen LogP contribution >= 0.6 is 11.3 Å². The molecule has 6 heteroatoms. The smallest absolute Gasteiger partial charge is 0.134 e. The van der Waals surface area contributed by atoms with Gasteiger partial charge < -0.3 is 4.90 Å². The summed E-state index contributed by atoms with van der Waals surface area (Å²) in [6.45, 7) is 2.17. The Labute approximate surface area is 160 Å². The number of hydrogen-bond acceptors (Lipinski definition) is 5. The van der Waals surface area contributed by atoms with Crippen molar-refractivity contribution in [1.82, 2.24) is 15.0 Å². The van der Waals surface area contributed by atoms with Gasteiger partial charge >= 0.3 is 0 Å². The molecule has 0 radical (unpaired) electrons. The summed E-state index contributed by atoms with van der Waals surface area (Å²) in [4.78, 5) is 15.7. The number of rotatable bonds is 3. The molecule has 4 heterocycles. The van der Waals surface area contributed by atoms with E-state index < -0.39 is 0 Å². The van der Waals surface area contributed by atoms with Crippen molar-refractivity contribution in [3.8, 4) is 21.7 Å². The van der Waals surface area contributed by atoms with Gasteiger partial charge in [0.15, 0.2) is 0 Å². The minimum atomic E-state index is -0.276. The van der Waals surface area contributed by atoms with Gasteiger partial charge in [-0.05, 0) is 48.7 Å². The van der Waals surface area contributed by atoms with Gasteiger partial charge in [0, 0.05) is 42.8 Å². The Morgan fingerprint density at radius 3 is 2.59 bits per heavy atom. The normalized spacial score (nSPS) is 14.2. The third-order valence-corrected chi connectivity index (χ3v) is 5.98. The highest BCUT2D eigenvalue weighted by Crippen LogP contribution is 2.33. The predicted molar refractivity (Wildman–Crippen MR) is 107 cm³/mol. The van der Waals surface area contributed by atoms with Gasteiger partial charge in [-0.15, -0.1) is 11.3 Å². The summed E-state index contributed by atoms with van der Waals surface area (Å²) in [6.07, 6.45) is 7.37. The van der Waals surface area contributed by atoms with E-state index in [2.05, 4.69) is 27.0 Å². The van der Waals surface area contributed by atoms with Crippen LogP contribution in [0.15, 0.2) is 55.0 Å². The molecule has 0 atom stereocenters. The standard InChI is InChI=1S/C21H17FN4S/c22-17-7-8-23-13-16(17)14-3-5-19-18(11-14)25-21(27-19)15-4-6-20(24-12-15)26-9-1-2-10-26/h3-8,11-13H,1-2,9-10H2. The second-order valence-electron chi connectivity index (χ2n) is 6.66. The second-order valence-corrected chi connectivity index (χ2v) is 7.69. The van der Waals surface area contributed by atoms with Crippen molar-refractivity contribution in [2.45, 2.75) is 12.8 Å². The molecule has 1 fully saturated rings. The Morgan fingerprint density at radius 2 is 1.81 bits per heavy atom. The highest BCUT2D eigenvalue weighted by molar-refractivity contribution is 7.21. The van der Waals surface area contributed by atoms with Crippen LogP contribution in [0.2, 0.25) is 0 Å². The van der Waals surface area contributed by atoms with E-state index >= 15 is 0 Å². The second kappa shape index (κ2) is 6.70. The molecule has 134 valence electrons. The van der Waals surface area contributed by atoms with Crippen LogP contribution < -0.4 is 4.90 Å². The summed E-state index contributed by atoms with van der Waals surface area (Å²) in [7, 11) is 0. The summed E-state index contributed by atoms with van der Waals surface area (Å²) in [6, 6.07) is 11.4. The van der Waals surface area contributed by atoms with E-state index in [9.17, 15) is 4.39 Å². The van der Waals surface area contributed by atoms with Crippen LogP contribution in [0.1, 0.15) is 12.8 Å². The van der Waals surface area contributed by atoms with Gasteiger partial charge in [-0.25, -0.2) is 14.4 Å². The lowest BCUT2D eigenvalue weighted by Crippen LogP contribution is -2.18. The van der Waals surface area contributed by atoms with E-state index in [1.165, 1.54) is 25.1 Å². The van der Waals surface area contributed by atoms with Crippen molar-refractivity contribution in [1.29, 1.82) is 0 Å². The summed E-state index contributed by atoms with van der Waals surface area (Å²) in [5, 5.41) is 0.925. The Balaban J connectivity index is 1.48. The van der Waals surface area contributed by atoms with E-state index in [1.807, 2.05) is 24.4 Å². The first-order valence-electron chi connectivity index (χ1n) is 9.00. The van der Waals surface area contributed by atoms with Crippen LogP contribution in [0.4, 0.5) is 10.2 Å². The summed E-state index contributed by atoms with van der Waals surface area (Å²) < 4.78 is 15.1. The van der Waals surface area contributed by atoms with Crippen molar-refractivity contribution < 1.29 is 4.39 Å². The maximum atomic E-state index is 14.0. The van der Waals surface area contributed by atoms with Gasteiger partial charge in [0.05, 0.1) is 10.2 Å². The molecule has 0 N–H and O–H groups in total. The number of pyridine rings is 2. The van der Waals surface area contributed by atoms with E-state index in [0.717, 1.165) is 45.3 Å². The number of anilines is 1. The SMILES string of the molecule is Fc1ccncc1-c1ccc2sc(-c3ccc(N4CCCC4)nc3)nc2c1. The van der Waals surface area contributed by atoms with Crippen molar-refractivity contribution in [3.63, 3.8) is 0 Å². The zero-order valence-electron chi connectivity index (χ0n) is 14.6. The van der Waals surface area contributed by atoms with Gasteiger partial charge in [0.25, 0.3) is 0 Å². The fourth-order valence-corrected chi connectivity index (χ4v) is 4.39. The molecule has 1 aromatic carbocycles. The topological polar surface area (TPSA) is 41.9 Å². The number of aromatic nitrogens is 3. The van der Waals surface area contributed by atoms with Crippen molar-refractivity contribution in [2.24, 2.45) is 0 Å². The molecule has 0 saturated carbocycles. The number of benzene rings is 1. The zero-order chi connectivity index (χ0) is 18.2. The molecule has 0 aliphatic carbocycles. The van der Waals surface area contributed by atoms with Crippen LogP contribution in [0.5, 0.6) is 0 Å². The Bertz CT molecular complexity index is 1100. The van der Waals surface area contributed by atoms with Crippen LogP contribution in [0, 0.1) is 5.82 Å². The Morgan fingerprint density at radius 1 is 0.963 bits per heavy atom. The first-order chi connectivity index (χ1) is 13.3. The van der Waals surface area contributed by atoms with Crippen molar-refractivity contribution in [2.75, 3.05) is 18.0 Å². The number of hydrogen-bond donors (Lipinski definition) is 0. The average Bonchev–Trinajstić information content (AvgIpc) is 3.38. The zero-order valence-corrected chi connectivity index (χ0v) is 15.4. The number of thiazole rings is 1. The van der Waals surface area contributed by atoms with Crippen LogP contribution in [0.25, 0.3) is 31.9 Å². The molecule has 3 aromatic heterocycles. The number of nitrogens with zero attached hydrogens (tertiary/aromatic N) is 4. The molecule has 4 aromatic rings. The number of halogens is 1. The quantitative estimate of drug-likeness (QED) is 0.495. The largest absolute Gasteiger partial charge is 0.357 e. The minimum absolute atomic E-state index is 0.276. The molecule has 5 rings (SSSR count). The Hall–Kier alpha value is -2.86. The molecule has 0 amide bonds. The molecule has 1 aliphatic heterocycles. The lowest BCUT2D eigenvalue weighted by atomic mass is 10.1. The maximum Gasteiger partial charge on any atom is 0.134 e. The lowest BCUT2D eigenvalue weighted by Gasteiger charge is -2.15. The summed E-state index contributed by atoms with van der Waals surface area (Å²) in [5.41, 5.74) is 3.14. The lowest BCUT2D eigenvalue weighted by molar-refractivity contribution is 0.629. The molecule has 0 spiro atoms. The van der Waals surface area contributed by atoms with Crippen molar-refractivity contribution >= 4 is 27.4 Å². The summed E-state index contributed by atoms with van der Waals surface area (Å²) >= 11 is 1.62. The fraction of sp³-hybridized carbons (Fsp3) is 0.190. The van der Waals surface area contributed by atoms with E-state index in [0.29, 0.717) is 5.56 Å². The van der Waals surface area contributed by atoms with Crippen LogP contribution in [0.3, 0.4) is 0 Å². The number of fused-ring (bicyclic) bond motifs is 1. The van der Waals surface area contributed by atoms with E-state index in [1.54, 1.807) is 17.5 Å². The molecule has 4 nitrogen and oxygen atoms in total. The fourth-order valence-electron chi connectivity index (χ4n) is 3.45. The molecule has 27 heavy (non-hydrogen) atoms. The minimum Gasteiger partial charge on any atom is -0.357 e. The van der Waals surface area contributed by atoms with Crippen molar-refractivity contribution in [3.05, 3.63) is 60.8 Å². The first kappa shape index (κ1) is 16.3. The van der Waals surface area contributed by atoms with Crippen LogP contribution in [-0.4, -0.2) is 28.0 Å². The van der Waals surface area contributed by atoms with Crippen LogP contribution in [-0.2, 0) is 0 Å². The molecule has 0 unspecified atom stereocenters. The third-order valence-electron chi connectivity index (χ3n) is 4.89. The highest BCUT2D eigenvalue weighted by atomic mass is 32.1. The monoisotopic (exact) mass is 376 g/mol. The van der Waals surface area contributed by atoms with E-state index in [4.69, 9.17) is 4.98 Å². The molecular weight excluding hydrogens is 359 g/mol. The molecular formula is C21H17FN4S. The highest BCUT2D eigenvalue weighted by Gasteiger charge is 2.14. The third kappa shape index (κ3) is 3.06. The predicted octanol–water partition coefficient (Wildman–Crippen LogP) is 5.16. The molecule has 1 aliphatic rings. The van der Waals surface area contributed by atoms with Gasteiger partial charge in [-0.2, -0.15) is 0 Å². The average molecular weight is 376 g/mol. The first-order valence-corrected chi connectivity index (χ1v) is 9.81. The van der Waals surface area contributed by atoms with E-state index in [-0.39, 0.29) is 5.82 Å². The van der Waals surface area contributed by atoms with Gasteiger partial charge in [-0.1, -0.05) is 6.07 Å². The Kier molecular flexibility index (Phi) is 4.05. The maximum absolute atomic E-state index is 14.0. The molecule has 0 bridgehead atoms. The summed E-state index contributed by atoms with van der Waals surface area (Å²) in [5.74, 6) is 0.758. The van der Waals surface area contributed by atoms with Gasteiger partial charge in [-0.3, -0.25) is 4.98 Å². The van der Waals surface area contributed by atoms with Gasteiger partial charge in [0.1, 0.15) is 16.6 Å². The van der Waals surface area contributed by atoms with Gasteiger partial charge in [0.2, 0.25) is 0 Å². The molecule has 1 saturated heterocycles.